The smallest absolute Gasteiger partial charge is 0.185 e. The number of nitrogens with zero attached hydrogens (tertiary/aromatic N) is 3. The lowest BCUT2D eigenvalue weighted by molar-refractivity contribution is 0.111. The fraction of sp³-hybridized carbons (Fsp3) is 0.0833. The molecule has 2 aromatic rings. The highest BCUT2D eigenvalue weighted by Crippen LogP contribution is 2.12. The van der Waals surface area contributed by atoms with Gasteiger partial charge >= 0.3 is 0 Å². The summed E-state index contributed by atoms with van der Waals surface area (Å²) in [4.78, 5) is 14.5. The molecule has 0 aliphatic rings. The first-order chi connectivity index (χ1) is 8.24. The van der Waals surface area contributed by atoms with Crippen LogP contribution in [0.25, 0.3) is 0 Å². The van der Waals surface area contributed by atoms with E-state index in [4.69, 9.17) is 5.26 Å². The third-order valence-electron chi connectivity index (χ3n) is 2.38. The number of imidazole rings is 1. The van der Waals surface area contributed by atoms with Crippen LogP contribution >= 0.6 is 0 Å². The third kappa shape index (κ3) is 2.21. The number of hydrogen-bond acceptors (Lipinski definition) is 3. The average molecular weight is 229 g/mol. The molecule has 84 valence electrons. The molecular formula is C12H8FN3O. The zero-order chi connectivity index (χ0) is 12.3. The molecule has 1 aromatic carbocycles. The van der Waals surface area contributed by atoms with Crippen LogP contribution in [0.4, 0.5) is 4.39 Å². The molecule has 17 heavy (non-hydrogen) atoms. The number of aromatic nitrogens is 2. The summed E-state index contributed by atoms with van der Waals surface area (Å²) in [7, 11) is 0. The highest BCUT2D eigenvalue weighted by molar-refractivity contribution is 5.69. The van der Waals surface area contributed by atoms with E-state index in [9.17, 15) is 9.18 Å². The zero-order valence-electron chi connectivity index (χ0n) is 8.80. The molecule has 1 aromatic heterocycles. The van der Waals surface area contributed by atoms with Gasteiger partial charge < -0.3 is 4.57 Å². The Hall–Kier alpha value is -2.48. The van der Waals surface area contributed by atoms with Crippen LogP contribution in [0.5, 0.6) is 0 Å². The van der Waals surface area contributed by atoms with Gasteiger partial charge in [-0.05, 0) is 12.1 Å². The van der Waals surface area contributed by atoms with Crippen molar-refractivity contribution in [2.75, 3.05) is 0 Å². The van der Waals surface area contributed by atoms with Crippen LogP contribution in [0.3, 0.4) is 0 Å². The summed E-state index contributed by atoms with van der Waals surface area (Å²) in [5.41, 5.74) is 0.678. The highest BCUT2D eigenvalue weighted by atomic mass is 19.1. The Morgan fingerprint density at radius 1 is 1.53 bits per heavy atom. The molecule has 1 heterocycles. The fourth-order valence-corrected chi connectivity index (χ4v) is 1.50. The average Bonchev–Trinajstić information content (AvgIpc) is 2.79. The molecule has 0 radical (unpaired) electrons. The maximum atomic E-state index is 13.6. The summed E-state index contributed by atoms with van der Waals surface area (Å²) in [6.45, 7) is 0.214. The van der Waals surface area contributed by atoms with Crippen molar-refractivity contribution in [1.29, 1.82) is 5.26 Å². The Morgan fingerprint density at radius 3 is 3.00 bits per heavy atom. The predicted octanol–water partition coefficient (Wildman–Crippen LogP) is 1.75. The van der Waals surface area contributed by atoms with Crippen molar-refractivity contribution in [2.24, 2.45) is 0 Å². The summed E-state index contributed by atoms with van der Waals surface area (Å²) >= 11 is 0. The molecule has 0 aliphatic carbocycles. The van der Waals surface area contributed by atoms with Crippen LogP contribution in [-0.4, -0.2) is 15.8 Å². The van der Waals surface area contributed by atoms with Crippen LogP contribution in [-0.2, 0) is 6.54 Å². The molecule has 0 aliphatic heterocycles. The molecule has 0 unspecified atom stereocenters. The van der Waals surface area contributed by atoms with Gasteiger partial charge in [0, 0.05) is 18.0 Å². The van der Waals surface area contributed by atoms with Crippen LogP contribution in [0.2, 0.25) is 0 Å². The minimum Gasteiger partial charge on any atom is -0.324 e. The van der Waals surface area contributed by atoms with Gasteiger partial charge in [-0.25, -0.2) is 9.37 Å². The molecule has 5 heteroatoms. The lowest BCUT2D eigenvalue weighted by atomic mass is 10.1. The van der Waals surface area contributed by atoms with Gasteiger partial charge in [0.25, 0.3) is 0 Å². The molecule has 0 spiro atoms. The Labute approximate surface area is 96.9 Å². The van der Waals surface area contributed by atoms with Gasteiger partial charge in [-0.3, -0.25) is 4.79 Å². The molecule has 0 bridgehead atoms. The van der Waals surface area contributed by atoms with Crippen molar-refractivity contribution < 1.29 is 9.18 Å². The van der Waals surface area contributed by atoms with E-state index in [1.165, 1.54) is 29.0 Å². The van der Waals surface area contributed by atoms with E-state index in [0.717, 1.165) is 0 Å². The number of carbonyl (C=O) groups is 1. The first-order valence-corrected chi connectivity index (χ1v) is 4.89. The van der Waals surface area contributed by atoms with E-state index in [1.807, 2.05) is 6.07 Å². The normalized spacial score (nSPS) is 9.88. The molecule has 2 rings (SSSR count). The number of carbonyl (C=O) groups excluding carboxylic acids is 1. The monoisotopic (exact) mass is 229 g/mol. The third-order valence-corrected chi connectivity index (χ3v) is 2.38. The van der Waals surface area contributed by atoms with E-state index >= 15 is 0 Å². The maximum absolute atomic E-state index is 13.6. The first-order valence-electron chi connectivity index (χ1n) is 4.89. The van der Waals surface area contributed by atoms with Crippen LogP contribution in [0, 0.1) is 17.1 Å². The quantitative estimate of drug-likeness (QED) is 0.753. The van der Waals surface area contributed by atoms with E-state index in [0.29, 0.717) is 11.8 Å². The zero-order valence-corrected chi connectivity index (χ0v) is 8.80. The number of rotatable bonds is 3. The summed E-state index contributed by atoms with van der Waals surface area (Å²) in [5, 5.41) is 8.61. The van der Waals surface area contributed by atoms with E-state index in [-0.39, 0.29) is 17.9 Å². The summed E-state index contributed by atoms with van der Waals surface area (Å²) in [6.07, 6.45) is 3.69. The second kappa shape index (κ2) is 4.58. The molecule has 0 amide bonds. The highest BCUT2D eigenvalue weighted by Gasteiger charge is 2.07. The standard InChI is InChI=1S/C12H8FN3O/c13-11-5-9(6-14)1-2-10(11)7-16-4-3-15-12(16)8-17/h1-5,8H,7H2. The van der Waals surface area contributed by atoms with Gasteiger partial charge in [-0.2, -0.15) is 5.26 Å². The second-order valence-corrected chi connectivity index (χ2v) is 3.45. The van der Waals surface area contributed by atoms with E-state index < -0.39 is 5.82 Å². The molecular weight excluding hydrogens is 221 g/mol. The maximum Gasteiger partial charge on any atom is 0.185 e. The Kier molecular flexibility index (Phi) is 2.97. The predicted molar refractivity (Wildman–Crippen MR) is 57.8 cm³/mol. The Balaban J connectivity index is 2.31. The lowest BCUT2D eigenvalue weighted by Gasteiger charge is -2.05. The first kappa shape index (κ1) is 11.0. The number of nitriles is 1. The second-order valence-electron chi connectivity index (χ2n) is 3.45. The summed E-state index contributed by atoms with van der Waals surface area (Å²) in [6, 6.07) is 6.10. The summed E-state index contributed by atoms with van der Waals surface area (Å²) in [5.74, 6) is -0.219. The number of benzene rings is 1. The van der Waals surface area contributed by atoms with Crippen molar-refractivity contribution in [3.05, 3.63) is 53.4 Å². The molecule has 0 saturated heterocycles. The topological polar surface area (TPSA) is 58.7 Å². The minimum atomic E-state index is -0.463. The van der Waals surface area contributed by atoms with Crippen LogP contribution in [0.15, 0.2) is 30.6 Å². The molecule has 0 atom stereocenters. The largest absolute Gasteiger partial charge is 0.324 e. The van der Waals surface area contributed by atoms with Gasteiger partial charge in [0.15, 0.2) is 12.1 Å². The number of aldehydes is 1. The van der Waals surface area contributed by atoms with Crippen molar-refractivity contribution in [1.82, 2.24) is 9.55 Å². The van der Waals surface area contributed by atoms with Crippen LogP contribution < -0.4 is 0 Å². The molecule has 0 N–H and O–H groups in total. The van der Waals surface area contributed by atoms with Crippen molar-refractivity contribution >= 4 is 6.29 Å². The van der Waals surface area contributed by atoms with Crippen molar-refractivity contribution in [3.8, 4) is 6.07 Å². The Morgan fingerprint density at radius 2 is 2.35 bits per heavy atom. The van der Waals surface area contributed by atoms with Crippen LogP contribution in [0.1, 0.15) is 21.7 Å². The van der Waals surface area contributed by atoms with Crippen molar-refractivity contribution in [2.45, 2.75) is 6.54 Å². The van der Waals surface area contributed by atoms with Gasteiger partial charge in [-0.1, -0.05) is 6.07 Å². The van der Waals surface area contributed by atoms with Gasteiger partial charge in [-0.15, -0.1) is 0 Å². The van der Waals surface area contributed by atoms with Gasteiger partial charge in [0.2, 0.25) is 0 Å². The van der Waals surface area contributed by atoms with Gasteiger partial charge in [0.05, 0.1) is 18.2 Å². The number of halogens is 1. The van der Waals surface area contributed by atoms with E-state index in [1.54, 1.807) is 6.20 Å². The van der Waals surface area contributed by atoms with E-state index in [2.05, 4.69) is 4.98 Å². The fourth-order valence-electron chi connectivity index (χ4n) is 1.50. The van der Waals surface area contributed by atoms with Crippen molar-refractivity contribution in [3.63, 3.8) is 0 Å². The molecule has 4 nitrogen and oxygen atoms in total. The number of hydrogen-bond donors (Lipinski definition) is 0. The summed E-state index contributed by atoms with van der Waals surface area (Å²) < 4.78 is 15.1. The lowest BCUT2D eigenvalue weighted by Crippen LogP contribution is -2.05. The SMILES string of the molecule is N#Cc1ccc(Cn2ccnc2C=O)c(F)c1. The van der Waals surface area contributed by atoms with Gasteiger partial charge in [0.1, 0.15) is 5.82 Å². The molecule has 0 saturated carbocycles. The Bertz CT molecular complexity index is 598. The molecule has 0 fully saturated rings. The minimum absolute atomic E-state index is 0.214.